The maximum Gasteiger partial charge on any atom is 0.310 e. The van der Waals surface area contributed by atoms with Gasteiger partial charge in [-0.05, 0) is 13.8 Å². The molecule has 0 aliphatic heterocycles. The van der Waals surface area contributed by atoms with Crippen LogP contribution in [0.2, 0.25) is 0 Å². The van der Waals surface area contributed by atoms with Gasteiger partial charge in [0.05, 0.1) is 5.69 Å². The van der Waals surface area contributed by atoms with Crippen molar-refractivity contribution in [2.24, 2.45) is 0 Å². The Labute approximate surface area is 71.7 Å². The largest absolute Gasteiger partial charge is 0.424 e. The van der Waals surface area contributed by atoms with E-state index < -0.39 is 0 Å². The van der Waals surface area contributed by atoms with Gasteiger partial charge in [-0.3, -0.25) is 4.79 Å². The monoisotopic (exact) mass is 167 g/mol. The number of H-pyrrole nitrogens is 1. The van der Waals surface area contributed by atoms with E-state index in [0.717, 1.165) is 11.3 Å². The number of aromatic amines is 1. The number of aromatic nitrogens is 1. The Morgan fingerprint density at radius 3 is 2.67 bits per heavy atom. The first-order valence-corrected chi connectivity index (χ1v) is 4.00. The summed E-state index contributed by atoms with van der Waals surface area (Å²) in [6.45, 7) is 5.56. The summed E-state index contributed by atoms with van der Waals surface area (Å²) in [6.07, 6.45) is 2.23. The molecule has 0 aromatic carbocycles. The molecule has 0 radical (unpaired) electrons. The van der Waals surface area contributed by atoms with Crippen molar-refractivity contribution in [1.82, 2.24) is 4.98 Å². The Kier molecular flexibility index (Phi) is 2.53. The zero-order valence-corrected chi connectivity index (χ0v) is 7.60. The van der Waals surface area contributed by atoms with Crippen molar-refractivity contribution < 1.29 is 9.53 Å². The number of ether oxygens (including phenoxy) is 1. The highest BCUT2D eigenvalue weighted by atomic mass is 16.5. The van der Waals surface area contributed by atoms with Crippen molar-refractivity contribution in [2.75, 3.05) is 0 Å². The third-order valence-corrected chi connectivity index (χ3v) is 1.71. The summed E-state index contributed by atoms with van der Waals surface area (Å²) in [5.41, 5.74) is 1.86. The lowest BCUT2D eigenvalue weighted by atomic mass is 10.3. The van der Waals surface area contributed by atoms with Crippen molar-refractivity contribution in [2.45, 2.75) is 27.2 Å². The maximum atomic E-state index is 10.9. The summed E-state index contributed by atoms with van der Waals surface area (Å²) >= 11 is 0. The zero-order valence-electron chi connectivity index (χ0n) is 7.60. The second-order valence-corrected chi connectivity index (χ2v) is 2.75. The van der Waals surface area contributed by atoms with Crippen LogP contribution in [0.5, 0.6) is 5.75 Å². The van der Waals surface area contributed by atoms with Crippen LogP contribution in [0.1, 0.15) is 24.6 Å². The van der Waals surface area contributed by atoms with E-state index >= 15 is 0 Å². The second kappa shape index (κ2) is 3.43. The molecule has 0 aliphatic carbocycles. The second-order valence-electron chi connectivity index (χ2n) is 2.75. The van der Waals surface area contributed by atoms with E-state index in [0.29, 0.717) is 12.2 Å². The van der Waals surface area contributed by atoms with E-state index in [-0.39, 0.29) is 5.97 Å². The molecule has 3 heteroatoms. The van der Waals surface area contributed by atoms with E-state index in [2.05, 4.69) is 4.98 Å². The number of rotatable bonds is 2. The van der Waals surface area contributed by atoms with Crippen LogP contribution in [0.25, 0.3) is 0 Å². The molecule has 1 N–H and O–H groups in total. The summed E-state index contributed by atoms with van der Waals surface area (Å²) < 4.78 is 5.09. The van der Waals surface area contributed by atoms with Gasteiger partial charge in [0.1, 0.15) is 0 Å². The van der Waals surface area contributed by atoms with Crippen LogP contribution in [0.4, 0.5) is 0 Å². The average molecular weight is 167 g/mol. The van der Waals surface area contributed by atoms with Crippen LogP contribution in [0.3, 0.4) is 0 Å². The number of carbonyl (C=O) groups excluding carboxylic acids is 1. The highest BCUT2D eigenvalue weighted by Gasteiger charge is 2.08. The maximum absolute atomic E-state index is 10.9. The van der Waals surface area contributed by atoms with Gasteiger partial charge in [-0.25, -0.2) is 0 Å². The number of hydrogen-bond donors (Lipinski definition) is 1. The molecular formula is C9H13NO2. The van der Waals surface area contributed by atoms with Gasteiger partial charge in [-0.2, -0.15) is 0 Å². The molecule has 0 saturated heterocycles. The average Bonchev–Trinajstić information content (AvgIpc) is 2.35. The van der Waals surface area contributed by atoms with Gasteiger partial charge in [0.2, 0.25) is 0 Å². The molecule has 1 aromatic rings. The van der Waals surface area contributed by atoms with Crippen molar-refractivity contribution in [3.8, 4) is 5.75 Å². The molecule has 0 aliphatic rings. The first-order chi connectivity index (χ1) is 5.65. The summed E-state index contributed by atoms with van der Waals surface area (Å²) in [4.78, 5) is 13.9. The van der Waals surface area contributed by atoms with Crippen LogP contribution >= 0.6 is 0 Å². The summed E-state index contributed by atoms with van der Waals surface area (Å²) in [7, 11) is 0. The molecule has 0 saturated carbocycles. The summed E-state index contributed by atoms with van der Waals surface area (Å²) in [5.74, 6) is 0.475. The smallest absolute Gasteiger partial charge is 0.310 e. The summed E-state index contributed by atoms with van der Waals surface area (Å²) in [6, 6.07) is 0. The number of esters is 1. The Bertz CT molecular complexity index is 269. The SMILES string of the molecule is CCC(=O)Oc1c(C)c[nH]c1C. The molecule has 0 amide bonds. The van der Waals surface area contributed by atoms with Gasteiger partial charge in [0.25, 0.3) is 0 Å². The standard InChI is InChI=1S/C9H13NO2/c1-4-8(11)12-9-6(2)5-10-7(9)3/h5,10H,4H2,1-3H3. The fourth-order valence-corrected chi connectivity index (χ4v) is 0.986. The molecule has 0 bridgehead atoms. The van der Waals surface area contributed by atoms with Gasteiger partial charge in [-0.1, -0.05) is 6.92 Å². The molecule has 1 rings (SSSR count). The Morgan fingerprint density at radius 1 is 1.58 bits per heavy atom. The van der Waals surface area contributed by atoms with Gasteiger partial charge >= 0.3 is 5.97 Å². The lowest BCUT2D eigenvalue weighted by Gasteiger charge is -2.02. The predicted octanol–water partition coefficient (Wildman–Crippen LogP) is 1.95. The van der Waals surface area contributed by atoms with Gasteiger partial charge in [0, 0.05) is 18.2 Å². The number of nitrogens with one attached hydrogen (secondary N) is 1. The number of aryl methyl sites for hydroxylation is 2. The van der Waals surface area contributed by atoms with Crippen LogP contribution < -0.4 is 4.74 Å². The number of hydrogen-bond acceptors (Lipinski definition) is 2. The normalized spacial score (nSPS) is 9.92. The van der Waals surface area contributed by atoms with Crippen molar-refractivity contribution >= 4 is 5.97 Å². The summed E-state index contributed by atoms with van der Waals surface area (Å²) in [5, 5.41) is 0. The Morgan fingerprint density at radius 2 is 2.25 bits per heavy atom. The minimum absolute atomic E-state index is 0.194. The lowest BCUT2D eigenvalue weighted by molar-refractivity contribution is -0.134. The first-order valence-electron chi connectivity index (χ1n) is 4.00. The first kappa shape index (κ1) is 8.84. The van der Waals surface area contributed by atoms with Crippen LogP contribution in [0, 0.1) is 13.8 Å². The van der Waals surface area contributed by atoms with Crippen molar-refractivity contribution in [3.63, 3.8) is 0 Å². The molecule has 66 valence electrons. The highest BCUT2D eigenvalue weighted by molar-refractivity contribution is 5.72. The van der Waals surface area contributed by atoms with E-state index in [9.17, 15) is 4.79 Å². The van der Waals surface area contributed by atoms with Crippen LogP contribution in [0.15, 0.2) is 6.20 Å². The van der Waals surface area contributed by atoms with E-state index in [1.165, 1.54) is 0 Å². The van der Waals surface area contributed by atoms with E-state index in [1.54, 1.807) is 6.92 Å². The van der Waals surface area contributed by atoms with Gasteiger partial charge < -0.3 is 9.72 Å². The Hall–Kier alpha value is -1.25. The molecular weight excluding hydrogens is 154 g/mol. The molecule has 0 unspecified atom stereocenters. The van der Waals surface area contributed by atoms with Crippen molar-refractivity contribution in [3.05, 3.63) is 17.5 Å². The van der Waals surface area contributed by atoms with Crippen LogP contribution in [-0.2, 0) is 4.79 Å². The van der Waals surface area contributed by atoms with Crippen molar-refractivity contribution in [1.29, 1.82) is 0 Å². The minimum atomic E-state index is -0.194. The quantitative estimate of drug-likeness (QED) is 0.684. The fraction of sp³-hybridized carbons (Fsp3) is 0.444. The minimum Gasteiger partial charge on any atom is -0.424 e. The fourth-order valence-electron chi connectivity index (χ4n) is 0.986. The third-order valence-electron chi connectivity index (χ3n) is 1.71. The highest BCUT2D eigenvalue weighted by Crippen LogP contribution is 2.21. The van der Waals surface area contributed by atoms with E-state index in [1.807, 2.05) is 20.0 Å². The van der Waals surface area contributed by atoms with Crippen LogP contribution in [-0.4, -0.2) is 11.0 Å². The van der Waals surface area contributed by atoms with Gasteiger partial charge in [-0.15, -0.1) is 0 Å². The molecule has 12 heavy (non-hydrogen) atoms. The molecule has 0 spiro atoms. The molecule has 0 atom stereocenters. The van der Waals surface area contributed by atoms with E-state index in [4.69, 9.17) is 4.74 Å². The molecule has 0 fully saturated rings. The van der Waals surface area contributed by atoms with Gasteiger partial charge in [0.15, 0.2) is 5.75 Å². The molecule has 1 heterocycles. The molecule has 3 nitrogen and oxygen atoms in total. The molecule has 1 aromatic heterocycles. The Balaban J connectivity index is 2.80. The topological polar surface area (TPSA) is 42.1 Å². The predicted molar refractivity (Wildman–Crippen MR) is 46.2 cm³/mol. The lowest BCUT2D eigenvalue weighted by Crippen LogP contribution is -2.06. The number of carbonyl (C=O) groups is 1. The zero-order chi connectivity index (χ0) is 9.14. The third kappa shape index (κ3) is 1.67.